The smallest absolute Gasteiger partial charge is 0.0497 e. The summed E-state index contributed by atoms with van der Waals surface area (Å²) in [7, 11) is 0. The quantitative estimate of drug-likeness (QED) is 0.322. The Morgan fingerprint density at radius 1 is 0.692 bits per heavy atom. The van der Waals surface area contributed by atoms with Crippen LogP contribution in [-0.2, 0) is 13.0 Å². The second-order valence-corrected chi connectivity index (χ2v) is 7.32. The lowest BCUT2D eigenvalue weighted by molar-refractivity contribution is 0.827. The maximum Gasteiger partial charge on any atom is 0.0497 e. The summed E-state index contributed by atoms with van der Waals surface area (Å²) in [5, 5.41) is 5.43. The molecular weight excluding hydrogens is 314 g/mol. The lowest BCUT2D eigenvalue weighted by atomic mass is 10.00. The Bertz CT molecular complexity index is 1340. The first-order valence-corrected chi connectivity index (χ1v) is 9.39. The van der Waals surface area contributed by atoms with E-state index in [9.17, 15) is 0 Å². The molecular formula is C25H19N. The van der Waals surface area contributed by atoms with Gasteiger partial charge in [0.1, 0.15) is 0 Å². The van der Waals surface area contributed by atoms with Crippen molar-refractivity contribution in [2.75, 3.05) is 0 Å². The molecule has 0 aliphatic heterocycles. The second-order valence-electron chi connectivity index (χ2n) is 7.32. The fourth-order valence-corrected chi connectivity index (χ4v) is 4.77. The van der Waals surface area contributed by atoms with Crippen LogP contribution >= 0.6 is 0 Å². The third-order valence-corrected chi connectivity index (χ3v) is 5.96. The summed E-state index contributed by atoms with van der Waals surface area (Å²) >= 11 is 0. The van der Waals surface area contributed by atoms with Crippen LogP contribution in [0.1, 0.15) is 18.1 Å². The van der Waals surface area contributed by atoms with E-state index in [2.05, 4.69) is 84.3 Å². The zero-order valence-electron chi connectivity index (χ0n) is 14.8. The van der Waals surface area contributed by atoms with E-state index < -0.39 is 0 Å². The first-order valence-electron chi connectivity index (χ1n) is 9.39. The Balaban J connectivity index is 1.70. The fourth-order valence-electron chi connectivity index (χ4n) is 4.77. The minimum Gasteiger partial charge on any atom is -0.341 e. The minimum absolute atomic E-state index is 0.993. The summed E-state index contributed by atoms with van der Waals surface area (Å²) in [6, 6.07) is 27.1. The van der Waals surface area contributed by atoms with E-state index in [0.29, 0.717) is 0 Å². The van der Waals surface area contributed by atoms with Crippen molar-refractivity contribution >= 4 is 32.6 Å². The number of benzene rings is 4. The van der Waals surface area contributed by atoms with Crippen molar-refractivity contribution in [1.82, 2.24) is 4.57 Å². The van der Waals surface area contributed by atoms with Gasteiger partial charge in [-0.1, -0.05) is 48.5 Å². The number of para-hydroxylation sites is 1. The summed E-state index contributed by atoms with van der Waals surface area (Å²) in [4.78, 5) is 0. The molecule has 0 spiro atoms. The predicted octanol–water partition coefficient (Wildman–Crippen LogP) is 6.54. The van der Waals surface area contributed by atoms with E-state index in [1.807, 2.05) is 0 Å². The first-order chi connectivity index (χ1) is 12.8. The zero-order valence-corrected chi connectivity index (χ0v) is 14.8. The van der Waals surface area contributed by atoms with Gasteiger partial charge >= 0.3 is 0 Å². The molecule has 1 heterocycles. The number of nitrogens with zero attached hydrogens (tertiary/aromatic N) is 1. The molecule has 124 valence electrons. The van der Waals surface area contributed by atoms with Crippen molar-refractivity contribution in [2.24, 2.45) is 0 Å². The topological polar surface area (TPSA) is 4.93 Å². The maximum atomic E-state index is 2.45. The van der Waals surface area contributed by atoms with Gasteiger partial charge in [0.05, 0.1) is 0 Å². The minimum atomic E-state index is 0.993. The van der Waals surface area contributed by atoms with Gasteiger partial charge in [-0.15, -0.1) is 0 Å². The standard InChI is InChI=1S/C25H19N/c1-2-26-24-10-6-5-9-20(24)23-14-19-12-18-11-16-7-3-4-8-17(16)13-21(18)22(19)15-25(23)26/h3-11,13-15H,2,12H2,1H3. The lowest BCUT2D eigenvalue weighted by Gasteiger charge is -2.07. The van der Waals surface area contributed by atoms with Crippen molar-refractivity contribution in [3.8, 4) is 11.1 Å². The molecule has 0 saturated carbocycles. The molecule has 0 saturated heterocycles. The van der Waals surface area contributed by atoms with Gasteiger partial charge in [0.2, 0.25) is 0 Å². The van der Waals surface area contributed by atoms with Gasteiger partial charge in [-0.3, -0.25) is 0 Å². The summed E-state index contributed by atoms with van der Waals surface area (Å²) in [5.74, 6) is 0. The molecule has 1 aromatic heterocycles. The van der Waals surface area contributed by atoms with Crippen LogP contribution in [0.15, 0.2) is 72.8 Å². The van der Waals surface area contributed by atoms with Crippen LogP contribution in [0, 0.1) is 0 Å². The molecule has 1 nitrogen and oxygen atoms in total. The van der Waals surface area contributed by atoms with Crippen LogP contribution in [0.2, 0.25) is 0 Å². The molecule has 0 unspecified atom stereocenters. The highest BCUT2D eigenvalue weighted by Gasteiger charge is 2.22. The number of aryl methyl sites for hydroxylation is 1. The molecule has 6 rings (SSSR count). The zero-order chi connectivity index (χ0) is 17.3. The highest BCUT2D eigenvalue weighted by atomic mass is 15.0. The SMILES string of the molecule is CCn1c2ccccc2c2cc3c(cc21)-c1cc2ccccc2cc1C3. The van der Waals surface area contributed by atoms with Gasteiger partial charge in [-0.25, -0.2) is 0 Å². The van der Waals surface area contributed by atoms with Gasteiger partial charge in [0, 0.05) is 28.4 Å². The molecule has 4 aromatic carbocycles. The van der Waals surface area contributed by atoms with Crippen LogP contribution in [0.4, 0.5) is 0 Å². The van der Waals surface area contributed by atoms with Gasteiger partial charge in [0.25, 0.3) is 0 Å². The largest absolute Gasteiger partial charge is 0.341 e. The molecule has 0 bridgehead atoms. The van der Waals surface area contributed by atoms with Crippen molar-refractivity contribution in [3.63, 3.8) is 0 Å². The van der Waals surface area contributed by atoms with E-state index in [1.165, 1.54) is 54.8 Å². The number of hydrogen-bond acceptors (Lipinski definition) is 0. The lowest BCUT2D eigenvalue weighted by Crippen LogP contribution is -1.93. The Labute approximate surface area is 152 Å². The van der Waals surface area contributed by atoms with E-state index in [0.717, 1.165) is 13.0 Å². The Morgan fingerprint density at radius 2 is 1.38 bits per heavy atom. The van der Waals surface area contributed by atoms with E-state index in [4.69, 9.17) is 0 Å². The average Bonchev–Trinajstić information content (AvgIpc) is 3.18. The highest BCUT2D eigenvalue weighted by molar-refractivity contribution is 6.10. The van der Waals surface area contributed by atoms with Crippen molar-refractivity contribution in [3.05, 3.63) is 83.9 Å². The van der Waals surface area contributed by atoms with Crippen molar-refractivity contribution < 1.29 is 0 Å². The summed E-state index contributed by atoms with van der Waals surface area (Å²) in [5.41, 5.74) is 8.44. The molecule has 1 heteroatoms. The normalized spacial score (nSPS) is 12.8. The maximum absolute atomic E-state index is 2.45. The van der Waals surface area contributed by atoms with Gasteiger partial charge in [-0.05, 0) is 70.6 Å². The van der Waals surface area contributed by atoms with Crippen LogP contribution in [0.5, 0.6) is 0 Å². The molecule has 0 N–H and O–H groups in total. The van der Waals surface area contributed by atoms with Crippen molar-refractivity contribution in [2.45, 2.75) is 19.9 Å². The Morgan fingerprint density at radius 3 is 2.23 bits per heavy atom. The van der Waals surface area contributed by atoms with E-state index in [-0.39, 0.29) is 0 Å². The van der Waals surface area contributed by atoms with Gasteiger partial charge < -0.3 is 4.57 Å². The Kier molecular flexibility index (Phi) is 2.71. The second kappa shape index (κ2) is 4.98. The number of hydrogen-bond donors (Lipinski definition) is 0. The molecule has 0 radical (unpaired) electrons. The van der Waals surface area contributed by atoms with Crippen LogP contribution in [0.25, 0.3) is 43.7 Å². The van der Waals surface area contributed by atoms with Gasteiger partial charge in [-0.2, -0.15) is 0 Å². The highest BCUT2D eigenvalue weighted by Crippen LogP contribution is 2.42. The molecule has 0 amide bonds. The third-order valence-electron chi connectivity index (χ3n) is 5.96. The number of rotatable bonds is 1. The summed E-state index contributed by atoms with van der Waals surface area (Å²) in [6.45, 7) is 3.23. The molecule has 26 heavy (non-hydrogen) atoms. The third kappa shape index (κ3) is 1.75. The molecule has 0 fully saturated rings. The molecule has 0 atom stereocenters. The van der Waals surface area contributed by atoms with Crippen LogP contribution in [-0.4, -0.2) is 4.57 Å². The Hall–Kier alpha value is -3.06. The molecule has 1 aliphatic rings. The first kappa shape index (κ1) is 14.1. The van der Waals surface area contributed by atoms with Crippen LogP contribution in [0.3, 0.4) is 0 Å². The van der Waals surface area contributed by atoms with Crippen molar-refractivity contribution in [1.29, 1.82) is 0 Å². The van der Waals surface area contributed by atoms with E-state index in [1.54, 1.807) is 0 Å². The van der Waals surface area contributed by atoms with Crippen LogP contribution < -0.4 is 0 Å². The average molecular weight is 333 g/mol. The number of aromatic nitrogens is 1. The predicted molar refractivity (Wildman–Crippen MR) is 111 cm³/mol. The van der Waals surface area contributed by atoms with E-state index >= 15 is 0 Å². The monoisotopic (exact) mass is 333 g/mol. The van der Waals surface area contributed by atoms with Gasteiger partial charge in [0.15, 0.2) is 0 Å². The molecule has 1 aliphatic carbocycles. The summed E-state index contributed by atoms with van der Waals surface area (Å²) < 4.78 is 2.45. The summed E-state index contributed by atoms with van der Waals surface area (Å²) in [6.07, 6.45) is 1.04. The molecule has 5 aromatic rings. The number of fused-ring (bicyclic) bond motifs is 7. The fraction of sp³-hybridized carbons (Fsp3) is 0.120.